The van der Waals surface area contributed by atoms with Gasteiger partial charge in [0.2, 0.25) is 0 Å². The minimum Gasteiger partial charge on any atom is -0.465 e. The van der Waals surface area contributed by atoms with Crippen LogP contribution in [0.1, 0.15) is 68.4 Å². The second-order valence-corrected chi connectivity index (χ2v) is 8.64. The van der Waals surface area contributed by atoms with Crippen LogP contribution in [-0.2, 0) is 15.9 Å². The normalized spacial score (nSPS) is 15.3. The highest BCUT2D eigenvalue weighted by atomic mass is 16.5. The third kappa shape index (κ3) is 5.08. The smallest absolute Gasteiger partial charge is 0.337 e. The number of amides is 3. The molecule has 0 atom stereocenters. The summed E-state index contributed by atoms with van der Waals surface area (Å²) in [5.41, 5.74) is 9.17. The maximum Gasteiger partial charge on any atom is 0.337 e. The lowest BCUT2D eigenvalue weighted by atomic mass is 9.75. The van der Waals surface area contributed by atoms with Crippen molar-refractivity contribution in [2.24, 2.45) is 16.3 Å². The lowest BCUT2D eigenvalue weighted by molar-refractivity contribution is 0.0598. The first-order valence-electron chi connectivity index (χ1n) is 10.3. The van der Waals surface area contributed by atoms with Crippen molar-refractivity contribution in [1.29, 1.82) is 0 Å². The zero-order valence-corrected chi connectivity index (χ0v) is 19.5. The largest absolute Gasteiger partial charge is 0.465 e. The number of nitrogens with one attached hydrogen (secondary N) is 2. The second kappa shape index (κ2) is 9.38. The van der Waals surface area contributed by atoms with E-state index in [2.05, 4.69) is 15.8 Å². The second-order valence-electron chi connectivity index (χ2n) is 8.64. The molecule has 0 aliphatic heterocycles. The molecule has 2 aromatic rings. The van der Waals surface area contributed by atoms with Gasteiger partial charge < -0.3 is 24.9 Å². The van der Waals surface area contributed by atoms with Gasteiger partial charge >= 0.3 is 18.0 Å². The fourth-order valence-corrected chi connectivity index (χ4v) is 3.91. The van der Waals surface area contributed by atoms with Crippen LogP contribution in [0.2, 0.25) is 0 Å². The molecule has 0 radical (unpaired) electrons. The zero-order valence-electron chi connectivity index (χ0n) is 19.5. The molecule has 0 bridgehead atoms. The summed E-state index contributed by atoms with van der Waals surface area (Å²) in [7, 11) is 2.41. The third-order valence-corrected chi connectivity index (χ3v) is 5.33. The van der Waals surface area contributed by atoms with E-state index in [1.54, 1.807) is 6.92 Å². The summed E-state index contributed by atoms with van der Waals surface area (Å²) >= 11 is 0. The Morgan fingerprint density at radius 2 is 1.62 bits per heavy atom. The minimum atomic E-state index is -0.802. The van der Waals surface area contributed by atoms with Gasteiger partial charge in [-0.2, -0.15) is 5.10 Å². The van der Waals surface area contributed by atoms with Crippen molar-refractivity contribution in [3.63, 3.8) is 0 Å². The predicted molar refractivity (Wildman–Crippen MR) is 122 cm³/mol. The number of primary amides is 1. The van der Waals surface area contributed by atoms with Gasteiger partial charge in [0.05, 0.1) is 31.1 Å². The van der Waals surface area contributed by atoms with Crippen molar-refractivity contribution in [3.8, 4) is 0 Å². The molecule has 0 saturated carbocycles. The number of carbonyl (C=O) groups excluding carboxylic acids is 4. The number of hydrogen-bond donors (Lipinski definition) is 3. The molecule has 0 saturated heterocycles. The Hall–Kier alpha value is -4.15. The number of urea groups is 1. The Morgan fingerprint density at radius 3 is 2.15 bits per heavy atom. The molecule has 3 rings (SSSR count). The van der Waals surface area contributed by atoms with Crippen LogP contribution in [0.3, 0.4) is 0 Å². The SMILES string of the molecule is COC(=O)c1cc(NC(=O)c2oc3c(c2C)/C(=N\NC(N)=O)CC(C)(C)C3)cc(C(=O)OC)c1. The first-order chi connectivity index (χ1) is 16.0. The molecule has 0 spiro atoms. The molecular formula is C23H26N4O7. The Kier molecular flexibility index (Phi) is 6.75. The van der Waals surface area contributed by atoms with Crippen LogP contribution in [-0.4, -0.2) is 43.8 Å². The Balaban J connectivity index is 2.00. The first-order valence-corrected chi connectivity index (χ1v) is 10.3. The van der Waals surface area contributed by atoms with E-state index in [-0.39, 0.29) is 28.0 Å². The molecule has 4 N–H and O–H groups in total. The van der Waals surface area contributed by atoms with E-state index >= 15 is 0 Å². The van der Waals surface area contributed by atoms with Gasteiger partial charge in [-0.3, -0.25) is 4.79 Å². The Labute approximate surface area is 195 Å². The summed E-state index contributed by atoms with van der Waals surface area (Å²) in [6, 6.07) is 3.26. The minimum absolute atomic E-state index is 0.0394. The molecule has 34 heavy (non-hydrogen) atoms. The average Bonchev–Trinajstić information content (AvgIpc) is 3.10. The summed E-state index contributed by atoms with van der Waals surface area (Å²) in [5, 5.41) is 6.77. The number of carbonyl (C=O) groups is 4. The molecule has 3 amide bonds. The number of hydrazone groups is 1. The van der Waals surface area contributed by atoms with Crippen molar-refractivity contribution in [3.05, 3.63) is 52.0 Å². The van der Waals surface area contributed by atoms with Crippen LogP contribution < -0.4 is 16.5 Å². The van der Waals surface area contributed by atoms with Gasteiger partial charge in [-0.1, -0.05) is 13.8 Å². The van der Waals surface area contributed by atoms with Crippen LogP contribution >= 0.6 is 0 Å². The van der Waals surface area contributed by atoms with Crippen molar-refractivity contribution >= 4 is 35.3 Å². The van der Waals surface area contributed by atoms with E-state index in [1.807, 2.05) is 13.8 Å². The van der Waals surface area contributed by atoms with Gasteiger partial charge in [-0.25, -0.2) is 19.8 Å². The summed E-state index contributed by atoms with van der Waals surface area (Å²) in [6.07, 6.45) is 1.09. The first kappa shape index (κ1) is 24.5. The van der Waals surface area contributed by atoms with Crippen LogP contribution in [0.15, 0.2) is 27.7 Å². The van der Waals surface area contributed by atoms with Crippen LogP contribution in [0, 0.1) is 12.3 Å². The van der Waals surface area contributed by atoms with Crippen molar-refractivity contribution in [1.82, 2.24) is 5.43 Å². The molecule has 0 fully saturated rings. The fraction of sp³-hybridized carbons (Fsp3) is 0.348. The van der Waals surface area contributed by atoms with Crippen molar-refractivity contribution in [2.75, 3.05) is 19.5 Å². The number of benzene rings is 1. The van der Waals surface area contributed by atoms with E-state index in [4.69, 9.17) is 19.6 Å². The summed E-state index contributed by atoms with van der Waals surface area (Å²) in [4.78, 5) is 48.3. The average molecular weight is 470 g/mol. The van der Waals surface area contributed by atoms with E-state index in [1.165, 1.54) is 32.4 Å². The highest BCUT2D eigenvalue weighted by Crippen LogP contribution is 2.39. The number of nitrogens with zero attached hydrogens (tertiary/aromatic N) is 1. The van der Waals surface area contributed by atoms with Gasteiger partial charge in [0.25, 0.3) is 5.91 Å². The molecule has 0 unspecified atom stereocenters. The Morgan fingerprint density at radius 1 is 1.03 bits per heavy atom. The lowest BCUT2D eigenvalue weighted by Crippen LogP contribution is -2.31. The fourth-order valence-electron chi connectivity index (χ4n) is 3.91. The Bertz CT molecular complexity index is 1180. The van der Waals surface area contributed by atoms with Crippen LogP contribution in [0.25, 0.3) is 0 Å². The molecule has 1 aliphatic carbocycles. The summed E-state index contributed by atoms with van der Waals surface area (Å²) in [6.45, 7) is 5.74. The standard InChI is InChI=1S/C23H26N4O7/c1-11-17-15(26-27-22(24)31)9-23(2,3)10-16(17)34-18(11)19(28)25-14-7-12(20(29)32-4)6-13(8-14)21(30)33-5/h6-8H,9-10H2,1-5H3,(H,25,28)(H3,24,27,31)/b26-15-. The molecule has 11 heteroatoms. The number of fused-ring (bicyclic) bond motifs is 1. The van der Waals surface area contributed by atoms with Crippen LogP contribution in [0.5, 0.6) is 0 Å². The van der Waals surface area contributed by atoms with Gasteiger partial charge in [0, 0.05) is 23.2 Å². The number of hydrogen-bond acceptors (Lipinski definition) is 8. The van der Waals surface area contributed by atoms with E-state index in [9.17, 15) is 19.2 Å². The van der Waals surface area contributed by atoms with Crippen molar-refractivity contribution in [2.45, 2.75) is 33.6 Å². The molecule has 11 nitrogen and oxygen atoms in total. The molecule has 1 heterocycles. The summed E-state index contributed by atoms with van der Waals surface area (Å²) in [5.74, 6) is -1.36. The molecule has 1 aliphatic rings. The van der Waals surface area contributed by atoms with Crippen LogP contribution in [0.4, 0.5) is 10.5 Å². The highest BCUT2D eigenvalue weighted by molar-refractivity contribution is 6.10. The maximum atomic E-state index is 13.1. The van der Waals surface area contributed by atoms with Gasteiger partial charge in [0.15, 0.2) is 5.76 Å². The van der Waals surface area contributed by atoms with E-state index < -0.39 is 23.9 Å². The zero-order chi connectivity index (χ0) is 25.2. The van der Waals surface area contributed by atoms with E-state index in [0.717, 1.165) is 0 Å². The van der Waals surface area contributed by atoms with Crippen molar-refractivity contribution < 1.29 is 33.1 Å². The number of methoxy groups -OCH3 is 2. The molecule has 180 valence electrons. The number of anilines is 1. The summed E-state index contributed by atoms with van der Waals surface area (Å²) < 4.78 is 15.4. The predicted octanol–water partition coefficient (Wildman–Crippen LogP) is 2.76. The monoisotopic (exact) mass is 470 g/mol. The maximum absolute atomic E-state index is 13.1. The number of rotatable bonds is 5. The number of nitrogens with two attached hydrogens (primary N) is 1. The van der Waals surface area contributed by atoms with Gasteiger partial charge in [0.1, 0.15) is 5.76 Å². The number of furan rings is 1. The molecular weight excluding hydrogens is 444 g/mol. The van der Waals surface area contributed by atoms with E-state index in [0.29, 0.717) is 35.4 Å². The number of esters is 2. The highest BCUT2D eigenvalue weighted by Gasteiger charge is 2.36. The molecule has 1 aromatic carbocycles. The molecule has 1 aromatic heterocycles. The topological polar surface area (TPSA) is 162 Å². The lowest BCUT2D eigenvalue weighted by Gasteiger charge is -2.29. The quantitative estimate of drug-likeness (QED) is 0.447. The van der Waals surface area contributed by atoms with Gasteiger partial charge in [-0.15, -0.1) is 0 Å². The third-order valence-electron chi connectivity index (χ3n) is 5.33. The van der Waals surface area contributed by atoms with Gasteiger partial charge in [-0.05, 0) is 37.0 Å². The number of ether oxygens (including phenoxy) is 2.